The summed E-state index contributed by atoms with van der Waals surface area (Å²) in [6.07, 6.45) is 0. The Morgan fingerprint density at radius 1 is 1.11 bits per heavy atom. The summed E-state index contributed by atoms with van der Waals surface area (Å²) in [5, 5.41) is 2.26. The van der Waals surface area contributed by atoms with E-state index in [2.05, 4.69) is 5.32 Å². The third kappa shape index (κ3) is 2.89. The summed E-state index contributed by atoms with van der Waals surface area (Å²) in [6.45, 7) is 10.1. The van der Waals surface area contributed by atoms with Crippen LogP contribution < -0.4 is 5.32 Å². The molecule has 1 aliphatic heterocycles. The molecular weight excluding hydrogens is 232 g/mol. The topological polar surface area (TPSA) is 66.5 Å². The minimum Gasteiger partial charge on any atom is -0.277 e. The van der Waals surface area contributed by atoms with Crippen LogP contribution >= 0.6 is 0 Å². The van der Waals surface area contributed by atoms with Crippen molar-refractivity contribution in [3.8, 4) is 0 Å². The van der Waals surface area contributed by atoms with Gasteiger partial charge in [0.05, 0.1) is 0 Å². The van der Waals surface area contributed by atoms with Gasteiger partial charge in [-0.3, -0.25) is 19.8 Å². The summed E-state index contributed by atoms with van der Waals surface area (Å²) >= 11 is 0. The number of urea groups is 1. The molecule has 0 saturated carbocycles. The average Bonchev–Trinajstić information content (AvgIpc) is 2.22. The van der Waals surface area contributed by atoms with Gasteiger partial charge in [0.25, 0.3) is 0 Å². The molecule has 0 aromatic carbocycles. The molecule has 1 heterocycles. The van der Waals surface area contributed by atoms with Gasteiger partial charge in [-0.05, 0) is 17.8 Å². The van der Waals surface area contributed by atoms with Crippen LogP contribution in [-0.2, 0) is 9.59 Å². The molecule has 1 saturated heterocycles. The van der Waals surface area contributed by atoms with Crippen molar-refractivity contribution in [2.24, 2.45) is 23.7 Å². The second-order valence-electron chi connectivity index (χ2n) is 5.69. The highest BCUT2D eigenvalue weighted by molar-refractivity contribution is 6.16. The Labute approximate surface area is 108 Å². The maximum Gasteiger partial charge on any atom is 0.330 e. The van der Waals surface area contributed by atoms with E-state index >= 15 is 0 Å². The van der Waals surface area contributed by atoms with Crippen LogP contribution in [0.3, 0.4) is 0 Å². The van der Waals surface area contributed by atoms with Crippen LogP contribution in [0.5, 0.6) is 0 Å². The molecule has 0 radical (unpaired) electrons. The van der Waals surface area contributed by atoms with E-state index in [0.29, 0.717) is 12.5 Å². The Morgan fingerprint density at radius 3 is 2.11 bits per heavy atom. The Bertz CT molecular complexity index is 363. The van der Waals surface area contributed by atoms with Gasteiger partial charge in [0.1, 0.15) is 5.92 Å². The summed E-state index contributed by atoms with van der Waals surface area (Å²) in [4.78, 5) is 36.7. The molecule has 0 spiro atoms. The van der Waals surface area contributed by atoms with Crippen LogP contribution in [0.15, 0.2) is 0 Å². The third-order valence-corrected chi connectivity index (χ3v) is 3.57. The molecular formula is C13H22N2O3. The highest BCUT2D eigenvalue weighted by Crippen LogP contribution is 2.21. The number of rotatable bonds is 4. The zero-order chi connectivity index (χ0) is 14.0. The van der Waals surface area contributed by atoms with E-state index in [0.717, 1.165) is 0 Å². The smallest absolute Gasteiger partial charge is 0.277 e. The van der Waals surface area contributed by atoms with E-state index in [-0.39, 0.29) is 17.7 Å². The second kappa shape index (κ2) is 5.50. The van der Waals surface area contributed by atoms with Crippen LogP contribution in [0.4, 0.5) is 4.79 Å². The molecule has 1 aliphatic rings. The lowest BCUT2D eigenvalue weighted by atomic mass is 9.90. The predicted molar refractivity (Wildman–Crippen MR) is 67.6 cm³/mol. The first-order valence-corrected chi connectivity index (χ1v) is 6.41. The van der Waals surface area contributed by atoms with Crippen molar-refractivity contribution in [1.29, 1.82) is 0 Å². The summed E-state index contributed by atoms with van der Waals surface area (Å²) in [6, 6.07) is -0.589. The summed E-state index contributed by atoms with van der Waals surface area (Å²) in [5.41, 5.74) is 0. The van der Waals surface area contributed by atoms with Gasteiger partial charge in [-0.1, -0.05) is 34.6 Å². The largest absolute Gasteiger partial charge is 0.330 e. The zero-order valence-electron chi connectivity index (χ0n) is 11.7. The average molecular weight is 254 g/mol. The number of amides is 4. The standard InChI is InChI=1S/C13H22N2O3/c1-7(2)9(5)6-15-12(17)10(8(3)4)11(16)14-13(15)18/h7-10H,6H2,1-5H3,(H,14,16,18). The lowest BCUT2D eigenvalue weighted by molar-refractivity contribution is -0.144. The SMILES string of the molecule is CC(C)C(C)CN1C(=O)NC(=O)C(C(C)C)C1=O. The van der Waals surface area contributed by atoms with Crippen molar-refractivity contribution < 1.29 is 14.4 Å². The van der Waals surface area contributed by atoms with Gasteiger partial charge in [0, 0.05) is 6.54 Å². The number of barbiturate groups is 1. The van der Waals surface area contributed by atoms with Crippen LogP contribution in [0.1, 0.15) is 34.6 Å². The monoisotopic (exact) mass is 254 g/mol. The Hall–Kier alpha value is -1.39. The van der Waals surface area contributed by atoms with Crippen molar-refractivity contribution >= 4 is 17.8 Å². The number of carbonyl (C=O) groups is 3. The summed E-state index contributed by atoms with van der Waals surface area (Å²) in [7, 11) is 0. The van der Waals surface area contributed by atoms with Crippen molar-refractivity contribution in [3.05, 3.63) is 0 Å². The molecule has 5 heteroatoms. The molecule has 4 amide bonds. The molecule has 1 fully saturated rings. The fourth-order valence-corrected chi connectivity index (χ4v) is 1.89. The molecule has 0 aromatic heterocycles. The van der Waals surface area contributed by atoms with Gasteiger partial charge in [0.15, 0.2) is 0 Å². The maximum absolute atomic E-state index is 12.2. The lowest BCUT2D eigenvalue weighted by Gasteiger charge is -2.34. The Balaban J connectivity index is 2.87. The van der Waals surface area contributed by atoms with E-state index in [9.17, 15) is 14.4 Å². The van der Waals surface area contributed by atoms with Gasteiger partial charge in [-0.15, -0.1) is 0 Å². The molecule has 0 bridgehead atoms. The zero-order valence-corrected chi connectivity index (χ0v) is 11.7. The first-order chi connectivity index (χ1) is 8.25. The molecule has 1 N–H and O–H groups in total. The number of carbonyl (C=O) groups excluding carboxylic acids is 3. The molecule has 2 unspecified atom stereocenters. The van der Waals surface area contributed by atoms with Gasteiger partial charge in [-0.2, -0.15) is 0 Å². The van der Waals surface area contributed by atoms with E-state index in [1.807, 2.05) is 34.6 Å². The maximum atomic E-state index is 12.2. The lowest BCUT2D eigenvalue weighted by Crippen LogP contribution is -2.60. The van der Waals surface area contributed by atoms with Crippen molar-refractivity contribution in [2.75, 3.05) is 6.54 Å². The van der Waals surface area contributed by atoms with E-state index < -0.39 is 17.9 Å². The van der Waals surface area contributed by atoms with E-state index in [1.54, 1.807) is 0 Å². The molecule has 1 rings (SSSR count). The van der Waals surface area contributed by atoms with Crippen LogP contribution in [0.25, 0.3) is 0 Å². The normalized spacial score (nSPS) is 22.7. The molecule has 102 valence electrons. The van der Waals surface area contributed by atoms with Gasteiger partial charge < -0.3 is 0 Å². The van der Waals surface area contributed by atoms with Gasteiger partial charge in [0.2, 0.25) is 11.8 Å². The summed E-state index contributed by atoms with van der Waals surface area (Å²) in [5.74, 6) is -1.12. The predicted octanol–water partition coefficient (Wildman–Crippen LogP) is 1.63. The number of hydrogen-bond donors (Lipinski definition) is 1. The minimum atomic E-state index is -0.748. The molecule has 2 atom stereocenters. The van der Waals surface area contributed by atoms with Crippen LogP contribution in [-0.4, -0.2) is 29.3 Å². The minimum absolute atomic E-state index is 0.109. The quantitative estimate of drug-likeness (QED) is 0.775. The summed E-state index contributed by atoms with van der Waals surface area (Å²) < 4.78 is 0. The fourth-order valence-electron chi connectivity index (χ4n) is 1.89. The Kier molecular flexibility index (Phi) is 4.48. The Morgan fingerprint density at radius 2 is 1.67 bits per heavy atom. The number of nitrogens with one attached hydrogen (secondary N) is 1. The fraction of sp³-hybridized carbons (Fsp3) is 0.769. The molecule has 5 nitrogen and oxygen atoms in total. The van der Waals surface area contributed by atoms with Gasteiger partial charge >= 0.3 is 6.03 Å². The highest BCUT2D eigenvalue weighted by atomic mass is 16.2. The van der Waals surface area contributed by atoms with Crippen molar-refractivity contribution in [2.45, 2.75) is 34.6 Å². The number of imide groups is 2. The number of nitrogens with zero attached hydrogens (tertiary/aromatic N) is 1. The highest BCUT2D eigenvalue weighted by Gasteiger charge is 2.42. The molecule has 18 heavy (non-hydrogen) atoms. The van der Waals surface area contributed by atoms with Crippen LogP contribution in [0, 0.1) is 23.7 Å². The van der Waals surface area contributed by atoms with Gasteiger partial charge in [-0.25, -0.2) is 4.79 Å². The van der Waals surface area contributed by atoms with Crippen molar-refractivity contribution in [3.63, 3.8) is 0 Å². The third-order valence-electron chi connectivity index (χ3n) is 3.57. The van der Waals surface area contributed by atoms with Crippen molar-refractivity contribution in [1.82, 2.24) is 10.2 Å². The molecule has 0 aromatic rings. The first kappa shape index (κ1) is 14.7. The van der Waals surface area contributed by atoms with E-state index in [1.165, 1.54) is 4.90 Å². The second-order valence-corrected chi connectivity index (χ2v) is 5.69. The first-order valence-electron chi connectivity index (χ1n) is 6.41. The molecule has 0 aliphatic carbocycles. The number of hydrogen-bond acceptors (Lipinski definition) is 3. The van der Waals surface area contributed by atoms with E-state index in [4.69, 9.17) is 0 Å². The van der Waals surface area contributed by atoms with Crippen LogP contribution in [0.2, 0.25) is 0 Å².